The van der Waals surface area contributed by atoms with Crippen LogP contribution >= 0.6 is 0 Å². The summed E-state index contributed by atoms with van der Waals surface area (Å²) in [4.78, 5) is 41.8. The van der Waals surface area contributed by atoms with Crippen molar-refractivity contribution in [1.82, 2.24) is 10.2 Å². The van der Waals surface area contributed by atoms with E-state index < -0.39 is 6.17 Å². The Balaban J connectivity index is 1.67. The molecule has 2 aliphatic heterocycles. The van der Waals surface area contributed by atoms with E-state index in [1.165, 1.54) is 0 Å². The van der Waals surface area contributed by atoms with Crippen molar-refractivity contribution >= 4 is 23.4 Å². The highest BCUT2D eigenvalue weighted by molar-refractivity contribution is 6.16. The van der Waals surface area contributed by atoms with Crippen molar-refractivity contribution in [1.29, 1.82) is 0 Å². The largest absolute Gasteiger partial charge is 0.356 e. The van der Waals surface area contributed by atoms with Gasteiger partial charge < -0.3 is 10.2 Å². The molecule has 2 aromatic carbocycles. The molecule has 0 aliphatic carbocycles. The molecule has 3 amide bonds. The average molecular weight is 377 g/mol. The number of hydrogen-bond acceptors (Lipinski definition) is 3. The lowest BCUT2D eigenvalue weighted by atomic mass is 10.0. The zero-order valence-corrected chi connectivity index (χ0v) is 16.0. The van der Waals surface area contributed by atoms with Crippen LogP contribution in [0.5, 0.6) is 0 Å². The molecule has 6 nitrogen and oxygen atoms in total. The van der Waals surface area contributed by atoms with Crippen LogP contribution in [0.1, 0.15) is 52.7 Å². The first-order chi connectivity index (χ1) is 13.5. The molecular formula is C22H23N3O3. The molecule has 2 aromatic rings. The number of hydrogen-bond donors (Lipinski definition) is 1. The van der Waals surface area contributed by atoms with E-state index >= 15 is 0 Å². The van der Waals surface area contributed by atoms with Crippen LogP contribution in [0.3, 0.4) is 0 Å². The van der Waals surface area contributed by atoms with Gasteiger partial charge in [-0.3, -0.25) is 19.3 Å². The maximum atomic E-state index is 13.2. The van der Waals surface area contributed by atoms with Gasteiger partial charge in [-0.05, 0) is 24.1 Å². The second-order valence-electron chi connectivity index (χ2n) is 7.60. The number of nitrogens with one attached hydrogen (secondary N) is 1. The normalized spacial score (nSPS) is 17.5. The Morgan fingerprint density at radius 2 is 1.68 bits per heavy atom. The number of para-hydroxylation sites is 1. The minimum absolute atomic E-state index is 0.0930. The number of nitrogens with zero attached hydrogens (tertiary/aromatic N) is 2. The number of carbonyl (C=O) groups is 3. The lowest BCUT2D eigenvalue weighted by Crippen LogP contribution is -2.49. The SMILES string of the molecule is CC(C)CNC(=O)CCN1C(=O)c2ccccc2N2C(=O)c3ccccc3[C@@H]12. The minimum Gasteiger partial charge on any atom is -0.356 e. The molecule has 28 heavy (non-hydrogen) atoms. The molecule has 0 bridgehead atoms. The predicted molar refractivity (Wildman–Crippen MR) is 106 cm³/mol. The first-order valence-electron chi connectivity index (χ1n) is 9.58. The molecule has 0 saturated heterocycles. The quantitative estimate of drug-likeness (QED) is 0.871. The summed E-state index contributed by atoms with van der Waals surface area (Å²) in [6, 6.07) is 14.5. The van der Waals surface area contributed by atoms with E-state index in [2.05, 4.69) is 5.32 Å². The number of anilines is 1. The first kappa shape index (κ1) is 18.2. The van der Waals surface area contributed by atoms with Crippen LogP contribution < -0.4 is 10.2 Å². The fourth-order valence-corrected chi connectivity index (χ4v) is 3.83. The van der Waals surface area contributed by atoms with E-state index in [0.29, 0.717) is 29.3 Å². The van der Waals surface area contributed by atoms with Crippen LogP contribution in [0.4, 0.5) is 5.69 Å². The van der Waals surface area contributed by atoms with E-state index in [9.17, 15) is 14.4 Å². The van der Waals surface area contributed by atoms with Gasteiger partial charge in [0.25, 0.3) is 11.8 Å². The Hall–Kier alpha value is -3.15. The fraction of sp³-hybridized carbons (Fsp3) is 0.318. The van der Waals surface area contributed by atoms with Crippen molar-refractivity contribution < 1.29 is 14.4 Å². The van der Waals surface area contributed by atoms with Gasteiger partial charge in [0.15, 0.2) is 0 Å². The lowest BCUT2D eigenvalue weighted by Gasteiger charge is -2.40. The van der Waals surface area contributed by atoms with Gasteiger partial charge in [-0.15, -0.1) is 0 Å². The van der Waals surface area contributed by atoms with Gasteiger partial charge in [0, 0.05) is 30.6 Å². The summed E-state index contributed by atoms with van der Waals surface area (Å²) in [6.45, 7) is 4.92. The van der Waals surface area contributed by atoms with Gasteiger partial charge in [0.2, 0.25) is 5.91 Å². The third kappa shape index (κ3) is 2.95. The molecule has 0 spiro atoms. The Labute approximate surface area is 164 Å². The topological polar surface area (TPSA) is 69.7 Å². The van der Waals surface area contributed by atoms with Crippen LogP contribution in [0, 0.1) is 5.92 Å². The van der Waals surface area contributed by atoms with Gasteiger partial charge in [0.1, 0.15) is 6.17 Å². The zero-order valence-electron chi connectivity index (χ0n) is 16.0. The van der Waals surface area contributed by atoms with Crippen LogP contribution in [0.2, 0.25) is 0 Å². The second-order valence-corrected chi connectivity index (χ2v) is 7.60. The van der Waals surface area contributed by atoms with Crippen molar-refractivity contribution in [3.63, 3.8) is 0 Å². The third-order valence-corrected chi connectivity index (χ3v) is 5.17. The van der Waals surface area contributed by atoms with Crippen LogP contribution in [-0.4, -0.2) is 35.7 Å². The van der Waals surface area contributed by atoms with E-state index in [4.69, 9.17) is 0 Å². The summed E-state index contributed by atoms with van der Waals surface area (Å²) in [5, 5.41) is 2.89. The highest BCUT2D eigenvalue weighted by atomic mass is 16.2. The van der Waals surface area contributed by atoms with Crippen LogP contribution in [-0.2, 0) is 4.79 Å². The van der Waals surface area contributed by atoms with Crippen molar-refractivity contribution in [2.45, 2.75) is 26.4 Å². The van der Waals surface area contributed by atoms with E-state index in [0.717, 1.165) is 5.56 Å². The van der Waals surface area contributed by atoms with Gasteiger partial charge in [-0.1, -0.05) is 44.2 Å². The number of amides is 3. The fourth-order valence-electron chi connectivity index (χ4n) is 3.83. The Morgan fingerprint density at radius 3 is 2.43 bits per heavy atom. The Bertz CT molecular complexity index is 954. The molecular weight excluding hydrogens is 354 g/mol. The molecule has 0 fully saturated rings. The third-order valence-electron chi connectivity index (χ3n) is 5.17. The summed E-state index contributed by atoms with van der Waals surface area (Å²) in [5.74, 6) is -0.000364. The number of rotatable bonds is 5. The molecule has 0 aromatic heterocycles. The Kier molecular flexibility index (Phi) is 4.63. The van der Waals surface area contributed by atoms with Gasteiger partial charge in [0.05, 0.1) is 11.3 Å². The molecule has 2 aliphatic rings. The number of carbonyl (C=O) groups excluding carboxylic acids is 3. The standard InChI is InChI=1S/C22H23N3O3/c1-14(2)13-23-19(26)11-12-24-20-15-7-3-4-8-16(15)22(28)25(20)18-10-6-5-9-17(18)21(24)27/h3-10,14,20H,11-13H2,1-2H3,(H,23,26)/t20-/m0/s1. The highest BCUT2D eigenvalue weighted by Gasteiger charge is 2.47. The summed E-state index contributed by atoms with van der Waals surface area (Å²) >= 11 is 0. The number of fused-ring (bicyclic) bond motifs is 5. The van der Waals surface area contributed by atoms with E-state index in [-0.39, 0.29) is 30.7 Å². The summed E-state index contributed by atoms with van der Waals surface area (Å²) in [7, 11) is 0. The van der Waals surface area contributed by atoms with Crippen molar-refractivity contribution in [3.05, 3.63) is 65.2 Å². The highest BCUT2D eigenvalue weighted by Crippen LogP contribution is 2.45. The van der Waals surface area contributed by atoms with Crippen LogP contribution in [0.15, 0.2) is 48.5 Å². The van der Waals surface area contributed by atoms with E-state index in [1.54, 1.807) is 34.1 Å². The zero-order chi connectivity index (χ0) is 19.8. The first-order valence-corrected chi connectivity index (χ1v) is 9.58. The summed E-state index contributed by atoms with van der Waals surface area (Å²) < 4.78 is 0. The molecule has 0 unspecified atom stereocenters. The molecule has 4 rings (SSSR count). The van der Waals surface area contributed by atoms with E-state index in [1.807, 2.05) is 38.1 Å². The predicted octanol–water partition coefficient (Wildman–Crippen LogP) is 2.96. The monoisotopic (exact) mass is 377 g/mol. The Morgan fingerprint density at radius 1 is 1.00 bits per heavy atom. The molecule has 0 saturated carbocycles. The van der Waals surface area contributed by atoms with Crippen molar-refractivity contribution in [2.75, 3.05) is 18.0 Å². The molecule has 144 valence electrons. The lowest BCUT2D eigenvalue weighted by molar-refractivity contribution is -0.121. The van der Waals surface area contributed by atoms with Crippen LogP contribution in [0.25, 0.3) is 0 Å². The molecule has 2 heterocycles. The van der Waals surface area contributed by atoms with Crippen molar-refractivity contribution in [3.8, 4) is 0 Å². The maximum absolute atomic E-state index is 13.2. The van der Waals surface area contributed by atoms with Gasteiger partial charge >= 0.3 is 0 Å². The molecule has 1 atom stereocenters. The minimum atomic E-state index is -0.510. The second kappa shape index (κ2) is 7.11. The molecule has 0 radical (unpaired) electrons. The summed E-state index contributed by atoms with van der Waals surface area (Å²) in [5.41, 5.74) is 2.52. The van der Waals surface area contributed by atoms with Crippen molar-refractivity contribution in [2.24, 2.45) is 5.92 Å². The maximum Gasteiger partial charge on any atom is 0.260 e. The molecule has 6 heteroatoms. The van der Waals surface area contributed by atoms with Gasteiger partial charge in [-0.25, -0.2) is 0 Å². The summed E-state index contributed by atoms with van der Waals surface area (Å²) in [6.07, 6.45) is -0.314. The molecule has 1 N–H and O–H groups in total. The average Bonchev–Trinajstić information content (AvgIpc) is 2.99. The number of benzene rings is 2. The smallest absolute Gasteiger partial charge is 0.260 e. The van der Waals surface area contributed by atoms with Gasteiger partial charge in [-0.2, -0.15) is 0 Å².